The third-order valence-electron chi connectivity index (χ3n) is 4.39. The number of aromatic nitrogens is 1. The predicted molar refractivity (Wildman–Crippen MR) is 94.6 cm³/mol. The van der Waals surface area contributed by atoms with Crippen molar-refractivity contribution in [1.82, 2.24) is 3.97 Å². The van der Waals surface area contributed by atoms with E-state index in [1.54, 1.807) is 18.3 Å². The molecule has 0 aliphatic heterocycles. The average Bonchev–Trinajstić information content (AvgIpc) is 2.94. The van der Waals surface area contributed by atoms with Crippen LogP contribution in [0, 0.1) is 20.8 Å². The topological polar surface area (TPSA) is 39.1 Å². The first-order valence-electron chi connectivity index (χ1n) is 7.78. The minimum atomic E-state index is -3.58. The Morgan fingerprint density at radius 2 is 1.61 bits per heavy atom. The summed E-state index contributed by atoms with van der Waals surface area (Å²) < 4.78 is 27.5. The molecular formula is C19H21NO2S. The van der Waals surface area contributed by atoms with E-state index in [1.807, 2.05) is 32.0 Å². The van der Waals surface area contributed by atoms with Gasteiger partial charge >= 0.3 is 0 Å². The molecule has 0 radical (unpaired) electrons. The van der Waals surface area contributed by atoms with Crippen LogP contribution in [0.1, 0.15) is 29.2 Å². The monoisotopic (exact) mass is 327 g/mol. The lowest BCUT2D eigenvalue weighted by Gasteiger charge is -2.12. The zero-order valence-corrected chi connectivity index (χ0v) is 14.7. The molecule has 0 aliphatic rings. The zero-order chi connectivity index (χ0) is 16.8. The van der Waals surface area contributed by atoms with E-state index >= 15 is 0 Å². The van der Waals surface area contributed by atoms with Crippen molar-refractivity contribution >= 4 is 20.9 Å². The summed E-state index contributed by atoms with van der Waals surface area (Å²) in [5.41, 5.74) is 5.23. The van der Waals surface area contributed by atoms with Crippen molar-refractivity contribution < 1.29 is 8.42 Å². The number of hydrogen-bond donors (Lipinski definition) is 0. The van der Waals surface area contributed by atoms with Crippen molar-refractivity contribution in [2.75, 3.05) is 0 Å². The molecule has 3 nitrogen and oxygen atoms in total. The van der Waals surface area contributed by atoms with Crippen LogP contribution in [0.5, 0.6) is 0 Å². The molecule has 0 amide bonds. The van der Waals surface area contributed by atoms with Gasteiger partial charge in [0, 0.05) is 11.6 Å². The lowest BCUT2D eigenvalue weighted by molar-refractivity contribution is 0.589. The van der Waals surface area contributed by atoms with E-state index in [0.717, 1.165) is 28.5 Å². The van der Waals surface area contributed by atoms with E-state index < -0.39 is 10.0 Å². The summed E-state index contributed by atoms with van der Waals surface area (Å²) in [6, 6.07) is 11.0. The summed E-state index contributed by atoms with van der Waals surface area (Å²) in [7, 11) is -3.58. The molecule has 0 spiro atoms. The lowest BCUT2D eigenvalue weighted by atomic mass is 9.99. The summed E-state index contributed by atoms with van der Waals surface area (Å²) in [6.45, 7) is 8.10. The minimum absolute atomic E-state index is 0.318. The van der Waals surface area contributed by atoms with Gasteiger partial charge in [-0.3, -0.25) is 0 Å². The Kier molecular flexibility index (Phi) is 3.80. The van der Waals surface area contributed by atoms with Crippen LogP contribution in [-0.2, 0) is 16.4 Å². The van der Waals surface area contributed by atoms with E-state index in [0.29, 0.717) is 4.90 Å². The summed E-state index contributed by atoms with van der Waals surface area (Å²) in [5.74, 6) is 0. The number of rotatable bonds is 3. The first-order chi connectivity index (χ1) is 10.9. The third-order valence-corrected chi connectivity index (χ3v) is 6.08. The van der Waals surface area contributed by atoms with Gasteiger partial charge in [-0.15, -0.1) is 0 Å². The number of aryl methyl sites for hydroxylation is 4. The van der Waals surface area contributed by atoms with E-state index in [-0.39, 0.29) is 0 Å². The van der Waals surface area contributed by atoms with Crippen LogP contribution in [0.4, 0.5) is 0 Å². The average molecular weight is 327 g/mol. The van der Waals surface area contributed by atoms with E-state index in [1.165, 1.54) is 15.1 Å². The van der Waals surface area contributed by atoms with E-state index in [9.17, 15) is 8.42 Å². The Hall–Kier alpha value is -2.07. The SMILES string of the molecule is CCc1c(C)cc(C)c2c1ccn2S(=O)(=O)c1ccc(C)cc1. The van der Waals surface area contributed by atoms with Crippen molar-refractivity contribution in [2.24, 2.45) is 0 Å². The van der Waals surface area contributed by atoms with Crippen molar-refractivity contribution in [1.29, 1.82) is 0 Å². The fraction of sp³-hybridized carbons (Fsp3) is 0.263. The maximum atomic E-state index is 13.0. The Labute approximate surface area is 137 Å². The molecule has 0 aliphatic carbocycles. The van der Waals surface area contributed by atoms with Gasteiger partial charge < -0.3 is 0 Å². The van der Waals surface area contributed by atoms with Crippen molar-refractivity contribution in [3.05, 3.63) is 64.8 Å². The first-order valence-corrected chi connectivity index (χ1v) is 9.22. The van der Waals surface area contributed by atoms with Crippen LogP contribution < -0.4 is 0 Å². The highest BCUT2D eigenvalue weighted by molar-refractivity contribution is 7.90. The van der Waals surface area contributed by atoms with Crippen molar-refractivity contribution in [3.8, 4) is 0 Å². The highest BCUT2D eigenvalue weighted by Crippen LogP contribution is 2.30. The summed E-state index contributed by atoms with van der Waals surface area (Å²) in [6.07, 6.45) is 2.56. The Balaban J connectivity index is 2.31. The van der Waals surface area contributed by atoms with Crippen LogP contribution in [0.3, 0.4) is 0 Å². The molecule has 0 saturated heterocycles. The fourth-order valence-electron chi connectivity index (χ4n) is 3.23. The molecule has 3 aromatic rings. The minimum Gasteiger partial charge on any atom is -0.241 e. The number of nitrogens with zero attached hydrogens (tertiary/aromatic N) is 1. The largest absolute Gasteiger partial charge is 0.268 e. The summed E-state index contributed by atoms with van der Waals surface area (Å²) >= 11 is 0. The molecule has 0 fully saturated rings. The van der Waals surface area contributed by atoms with Crippen LogP contribution in [0.15, 0.2) is 47.5 Å². The molecule has 0 bridgehead atoms. The molecule has 120 valence electrons. The van der Waals surface area contributed by atoms with E-state index in [2.05, 4.69) is 19.9 Å². The smallest absolute Gasteiger partial charge is 0.241 e. The molecule has 0 unspecified atom stereocenters. The fourth-order valence-corrected chi connectivity index (χ4v) is 4.64. The molecule has 1 heterocycles. The molecular weight excluding hydrogens is 306 g/mol. The van der Waals surface area contributed by atoms with Gasteiger partial charge in [-0.25, -0.2) is 12.4 Å². The van der Waals surface area contributed by atoms with Gasteiger partial charge in [-0.2, -0.15) is 0 Å². The molecule has 3 rings (SSSR count). The molecule has 4 heteroatoms. The Bertz CT molecular complexity index is 980. The Morgan fingerprint density at radius 3 is 2.22 bits per heavy atom. The maximum absolute atomic E-state index is 13.0. The number of fused-ring (bicyclic) bond motifs is 1. The Morgan fingerprint density at radius 1 is 0.957 bits per heavy atom. The highest BCUT2D eigenvalue weighted by atomic mass is 32.2. The van der Waals surface area contributed by atoms with Crippen molar-refractivity contribution in [2.45, 2.75) is 39.0 Å². The van der Waals surface area contributed by atoms with Crippen LogP contribution in [0.2, 0.25) is 0 Å². The normalized spacial score (nSPS) is 12.0. The zero-order valence-electron chi connectivity index (χ0n) is 13.9. The van der Waals surface area contributed by atoms with E-state index in [4.69, 9.17) is 0 Å². The standard InChI is InChI=1S/C19H21NO2S/c1-5-17-14(3)12-15(4)19-18(17)10-11-20(19)23(21,22)16-8-6-13(2)7-9-16/h6-12H,5H2,1-4H3. The van der Waals surface area contributed by atoms with Gasteiger partial charge in [0.1, 0.15) is 0 Å². The number of hydrogen-bond acceptors (Lipinski definition) is 2. The summed E-state index contributed by atoms with van der Waals surface area (Å²) in [4.78, 5) is 0.318. The van der Waals surface area contributed by atoms with Crippen LogP contribution in [-0.4, -0.2) is 12.4 Å². The predicted octanol–water partition coefficient (Wildman–Crippen LogP) is 4.37. The van der Waals surface area contributed by atoms with Crippen LogP contribution >= 0.6 is 0 Å². The van der Waals surface area contributed by atoms with Gasteiger partial charge in [0.25, 0.3) is 10.0 Å². The number of benzene rings is 2. The van der Waals surface area contributed by atoms with Gasteiger partial charge in [0.05, 0.1) is 10.4 Å². The third kappa shape index (κ3) is 2.47. The van der Waals surface area contributed by atoms with Gasteiger partial charge in [-0.1, -0.05) is 30.7 Å². The first kappa shape index (κ1) is 15.8. The molecule has 0 N–H and O–H groups in total. The highest BCUT2D eigenvalue weighted by Gasteiger charge is 2.21. The second-order valence-corrected chi connectivity index (χ2v) is 7.85. The molecule has 23 heavy (non-hydrogen) atoms. The molecule has 1 aromatic heterocycles. The molecule has 0 saturated carbocycles. The van der Waals surface area contributed by atoms with Crippen molar-refractivity contribution in [3.63, 3.8) is 0 Å². The van der Waals surface area contributed by atoms with Gasteiger partial charge in [0.2, 0.25) is 0 Å². The molecule has 0 atom stereocenters. The van der Waals surface area contributed by atoms with Gasteiger partial charge in [-0.05, 0) is 62.1 Å². The second kappa shape index (κ2) is 5.53. The van der Waals surface area contributed by atoms with Gasteiger partial charge in [0.15, 0.2) is 0 Å². The quantitative estimate of drug-likeness (QED) is 0.717. The second-order valence-electron chi connectivity index (χ2n) is 6.03. The maximum Gasteiger partial charge on any atom is 0.268 e. The molecule has 2 aromatic carbocycles. The van der Waals surface area contributed by atoms with Crippen LogP contribution in [0.25, 0.3) is 10.9 Å². The summed E-state index contributed by atoms with van der Waals surface area (Å²) in [5, 5.41) is 1.03. The lowest BCUT2D eigenvalue weighted by Crippen LogP contribution is -2.12.